The lowest BCUT2D eigenvalue weighted by Crippen LogP contribution is -2.45. The van der Waals surface area contributed by atoms with Crippen LogP contribution < -0.4 is 5.73 Å². The van der Waals surface area contributed by atoms with Crippen molar-refractivity contribution in [3.05, 3.63) is 0 Å². The van der Waals surface area contributed by atoms with E-state index in [-0.39, 0.29) is 11.8 Å². The molecule has 2 fully saturated rings. The maximum absolute atomic E-state index is 12.2. The number of rotatable bonds is 2. The summed E-state index contributed by atoms with van der Waals surface area (Å²) >= 11 is 0. The predicted molar refractivity (Wildman–Crippen MR) is 64.3 cm³/mol. The predicted octanol–water partition coefficient (Wildman–Crippen LogP) is -0.0477. The van der Waals surface area contributed by atoms with Gasteiger partial charge >= 0.3 is 0 Å². The zero-order chi connectivity index (χ0) is 11.5. The minimum Gasteiger partial charge on any atom is -0.341 e. The summed E-state index contributed by atoms with van der Waals surface area (Å²) in [5, 5.41) is 0. The molecule has 1 aliphatic heterocycles. The highest BCUT2D eigenvalue weighted by molar-refractivity contribution is 7.85. The maximum Gasteiger partial charge on any atom is 0.226 e. The van der Waals surface area contributed by atoms with Gasteiger partial charge in [-0.25, -0.2) is 0 Å². The van der Waals surface area contributed by atoms with Crippen LogP contribution in [0.2, 0.25) is 0 Å². The summed E-state index contributed by atoms with van der Waals surface area (Å²) < 4.78 is 11.2. The Morgan fingerprint density at radius 2 is 2.00 bits per heavy atom. The molecule has 0 bridgehead atoms. The SMILES string of the molecule is NCC1CCCC1C(=O)N1CCS(=O)CC1. The summed E-state index contributed by atoms with van der Waals surface area (Å²) in [5.74, 6) is 2.05. The zero-order valence-corrected chi connectivity index (χ0v) is 10.4. The molecule has 0 spiro atoms. The number of hydrogen-bond acceptors (Lipinski definition) is 3. The molecule has 1 amide bonds. The monoisotopic (exact) mass is 244 g/mol. The van der Waals surface area contributed by atoms with Crippen molar-refractivity contribution in [1.82, 2.24) is 4.90 Å². The van der Waals surface area contributed by atoms with Crippen molar-refractivity contribution >= 4 is 16.7 Å². The van der Waals surface area contributed by atoms with E-state index >= 15 is 0 Å². The van der Waals surface area contributed by atoms with Gasteiger partial charge in [0.15, 0.2) is 0 Å². The van der Waals surface area contributed by atoms with Crippen LogP contribution in [0.4, 0.5) is 0 Å². The summed E-state index contributed by atoms with van der Waals surface area (Å²) in [6, 6.07) is 0. The highest BCUT2D eigenvalue weighted by atomic mass is 32.2. The molecule has 1 saturated carbocycles. The Labute approximate surface area is 99.0 Å². The molecule has 0 radical (unpaired) electrons. The summed E-state index contributed by atoms with van der Waals surface area (Å²) in [5.41, 5.74) is 5.69. The summed E-state index contributed by atoms with van der Waals surface area (Å²) in [7, 11) is -0.708. The Morgan fingerprint density at radius 3 is 2.62 bits per heavy atom. The summed E-state index contributed by atoms with van der Waals surface area (Å²) in [6.07, 6.45) is 3.20. The topological polar surface area (TPSA) is 63.4 Å². The van der Waals surface area contributed by atoms with E-state index in [4.69, 9.17) is 5.73 Å². The molecule has 0 aromatic rings. The van der Waals surface area contributed by atoms with Gasteiger partial charge in [0, 0.05) is 41.3 Å². The molecule has 0 aromatic heterocycles. The molecule has 4 nitrogen and oxygen atoms in total. The summed E-state index contributed by atoms with van der Waals surface area (Å²) in [6.45, 7) is 1.95. The van der Waals surface area contributed by atoms with Crippen LogP contribution in [-0.4, -0.2) is 46.2 Å². The molecule has 2 unspecified atom stereocenters. The molecule has 0 aromatic carbocycles. The number of hydrogen-bond donors (Lipinski definition) is 1. The fourth-order valence-electron chi connectivity index (χ4n) is 2.74. The van der Waals surface area contributed by atoms with Gasteiger partial charge in [0.25, 0.3) is 0 Å². The third-order valence-electron chi connectivity index (χ3n) is 3.77. The van der Waals surface area contributed by atoms with Gasteiger partial charge in [-0.1, -0.05) is 6.42 Å². The second kappa shape index (κ2) is 5.27. The van der Waals surface area contributed by atoms with Gasteiger partial charge in [-0.2, -0.15) is 0 Å². The highest BCUT2D eigenvalue weighted by Gasteiger charge is 2.35. The minimum atomic E-state index is -0.708. The average molecular weight is 244 g/mol. The normalized spacial score (nSPS) is 31.9. The largest absolute Gasteiger partial charge is 0.341 e. The average Bonchev–Trinajstić information content (AvgIpc) is 2.77. The van der Waals surface area contributed by atoms with E-state index in [2.05, 4.69) is 0 Å². The molecule has 5 heteroatoms. The van der Waals surface area contributed by atoms with Crippen LogP contribution in [0.25, 0.3) is 0 Å². The van der Waals surface area contributed by atoms with E-state index in [1.807, 2.05) is 4.90 Å². The molecule has 92 valence electrons. The van der Waals surface area contributed by atoms with E-state index in [0.717, 1.165) is 19.3 Å². The zero-order valence-electron chi connectivity index (χ0n) is 9.56. The van der Waals surface area contributed by atoms with Crippen LogP contribution in [0, 0.1) is 11.8 Å². The van der Waals surface area contributed by atoms with E-state index in [1.54, 1.807) is 0 Å². The Kier molecular flexibility index (Phi) is 3.97. The highest BCUT2D eigenvalue weighted by Crippen LogP contribution is 2.32. The molecule has 1 aliphatic carbocycles. The Bertz CT molecular complexity index is 286. The third kappa shape index (κ3) is 2.46. The number of nitrogens with zero attached hydrogens (tertiary/aromatic N) is 1. The Hall–Kier alpha value is -0.420. The quantitative estimate of drug-likeness (QED) is 0.741. The molecule has 2 N–H and O–H groups in total. The summed E-state index contributed by atoms with van der Waals surface area (Å²) in [4.78, 5) is 14.1. The molecular weight excluding hydrogens is 224 g/mol. The first-order valence-corrected chi connectivity index (χ1v) is 7.55. The second-order valence-corrected chi connectivity index (χ2v) is 6.40. The fourth-order valence-corrected chi connectivity index (χ4v) is 3.79. The van der Waals surface area contributed by atoms with Crippen molar-refractivity contribution in [1.29, 1.82) is 0 Å². The smallest absolute Gasteiger partial charge is 0.226 e. The number of carbonyl (C=O) groups excluding carboxylic acids is 1. The van der Waals surface area contributed by atoms with Crippen LogP contribution in [0.1, 0.15) is 19.3 Å². The van der Waals surface area contributed by atoms with Crippen LogP contribution in [0.3, 0.4) is 0 Å². The van der Waals surface area contributed by atoms with Crippen molar-refractivity contribution in [2.45, 2.75) is 19.3 Å². The lowest BCUT2D eigenvalue weighted by molar-refractivity contribution is -0.136. The molecule has 2 rings (SSSR count). The molecule has 1 heterocycles. The van der Waals surface area contributed by atoms with Gasteiger partial charge < -0.3 is 10.6 Å². The van der Waals surface area contributed by atoms with Crippen LogP contribution in [0.5, 0.6) is 0 Å². The molecule has 2 aliphatic rings. The lowest BCUT2D eigenvalue weighted by atomic mass is 9.95. The first-order chi connectivity index (χ1) is 7.72. The third-order valence-corrected chi connectivity index (χ3v) is 5.04. The van der Waals surface area contributed by atoms with E-state index in [0.29, 0.717) is 37.1 Å². The van der Waals surface area contributed by atoms with Gasteiger partial charge in [-0.3, -0.25) is 9.00 Å². The van der Waals surface area contributed by atoms with Gasteiger partial charge in [-0.05, 0) is 25.3 Å². The van der Waals surface area contributed by atoms with Crippen molar-refractivity contribution < 1.29 is 9.00 Å². The standard InChI is InChI=1S/C11H20N2O2S/c12-8-9-2-1-3-10(9)11(14)13-4-6-16(15)7-5-13/h9-10H,1-8,12H2. The van der Waals surface area contributed by atoms with Crippen LogP contribution in [0.15, 0.2) is 0 Å². The Balaban J connectivity index is 1.94. The number of carbonyl (C=O) groups is 1. The lowest BCUT2D eigenvalue weighted by Gasteiger charge is -2.30. The number of nitrogens with two attached hydrogens (primary N) is 1. The maximum atomic E-state index is 12.2. The van der Waals surface area contributed by atoms with E-state index in [9.17, 15) is 9.00 Å². The van der Waals surface area contributed by atoms with E-state index < -0.39 is 10.8 Å². The van der Waals surface area contributed by atoms with Crippen LogP contribution in [-0.2, 0) is 15.6 Å². The minimum absolute atomic E-state index is 0.136. The van der Waals surface area contributed by atoms with Crippen LogP contribution >= 0.6 is 0 Å². The fraction of sp³-hybridized carbons (Fsp3) is 0.909. The van der Waals surface area contributed by atoms with E-state index in [1.165, 1.54) is 0 Å². The first-order valence-electron chi connectivity index (χ1n) is 6.06. The van der Waals surface area contributed by atoms with Crippen molar-refractivity contribution in [3.8, 4) is 0 Å². The van der Waals surface area contributed by atoms with Crippen molar-refractivity contribution in [2.24, 2.45) is 17.6 Å². The van der Waals surface area contributed by atoms with Gasteiger partial charge in [-0.15, -0.1) is 0 Å². The Morgan fingerprint density at radius 1 is 1.31 bits per heavy atom. The number of amides is 1. The molecular formula is C11H20N2O2S. The first kappa shape index (κ1) is 12.0. The van der Waals surface area contributed by atoms with Crippen molar-refractivity contribution in [3.63, 3.8) is 0 Å². The van der Waals surface area contributed by atoms with Gasteiger partial charge in [0.05, 0.1) is 0 Å². The van der Waals surface area contributed by atoms with Gasteiger partial charge in [0.2, 0.25) is 5.91 Å². The second-order valence-electron chi connectivity index (χ2n) is 4.71. The molecule has 2 atom stereocenters. The molecule has 16 heavy (non-hydrogen) atoms. The molecule has 1 saturated heterocycles. The van der Waals surface area contributed by atoms with Crippen molar-refractivity contribution in [2.75, 3.05) is 31.1 Å². The van der Waals surface area contributed by atoms with Gasteiger partial charge in [0.1, 0.15) is 0 Å².